The molecule has 2 unspecified atom stereocenters. The number of carbonyl (C=O) groups excluding carboxylic acids is 2. The van der Waals surface area contributed by atoms with Crippen molar-refractivity contribution in [2.75, 3.05) is 6.54 Å². The summed E-state index contributed by atoms with van der Waals surface area (Å²) in [7, 11) is 0. The predicted octanol–water partition coefficient (Wildman–Crippen LogP) is 5.28. The maximum Gasteiger partial charge on any atom is 0.261 e. The summed E-state index contributed by atoms with van der Waals surface area (Å²) in [5.41, 5.74) is 3.47. The number of hydrogen-bond acceptors (Lipinski definition) is 3. The summed E-state index contributed by atoms with van der Waals surface area (Å²) < 4.78 is 0. The number of fused-ring (bicyclic) bond motifs is 1. The Kier molecular flexibility index (Phi) is 7.59. The Bertz CT molecular complexity index is 1010. The number of benzene rings is 2. The lowest BCUT2D eigenvalue weighted by atomic mass is 9.92. The lowest BCUT2D eigenvalue weighted by Gasteiger charge is -2.44. The van der Waals surface area contributed by atoms with Crippen molar-refractivity contribution in [2.45, 2.75) is 56.9 Å². The van der Waals surface area contributed by atoms with E-state index in [4.69, 9.17) is 11.6 Å². The minimum atomic E-state index is -0.208. The summed E-state index contributed by atoms with van der Waals surface area (Å²) in [5, 5.41) is 3.99. The van der Waals surface area contributed by atoms with Crippen molar-refractivity contribution in [3.8, 4) is 0 Å². The van der Waals surface area contributed by atoms with Crippen molar-refractivity contribution in [1.82, 2.24) is 10.2 Å². The lowest BCUT2D eigenvalue weighted by molar-refractivity contribution is -0.130. The minimum absolute atomic E-state index is 0.0192. The highest BCUT2D eigenvalue weighted by atomic mass is 35.5. The summed E-state index contributed by atoms with van der Waals surface area (Å²) in [6.45, 7) is 3.20. The number of nitrogens with zero attached hydrogens (tertiary/aromatic N) is 1. The van der Waals surface area contributed by atoms with Gasteiger partial charge in [0.25, 0.3) is 5.91 Å². The number of halogens is 1. The van der Waals surface area contributed by atoms with E-state index in [0.29, 0.717) is 28.3 Å². The van der Waals surface area contributed by atoms with Gasteiger partial charge in [-0.05, 0) is 55.0 Å². The summed E-state index contributed by atoms with van der Waals surface area (Å²) >= 11 is 7.52. The zero-order chi connectivity index (χ0) is 22.5. The molecular formula is C26H29ClN2O2S. The molecule has 32 heavy (non-hydrogen) atoms. The molecule has 2 aromatic carbocycles. The van der Waals surface area contributed by atoms with Crippen LogP contribution in [0.25, 0.3) is 0 Å². The van der Waals surface area contributed by atoms with Crippen LogP contribution in [0.15, 0.2) is 59.5 Å². The van der Waals surface area contributed by atoms with Crippen LogP contribution in [0.3, 0.4) is 0 Å². The highest BCUT2D eigenvalue weighted by molar-refractivity contribution is 8.04. The van der Waals surface area contributed by atoms with Gasteiger partial charge in [-0.25, -0.2) is 0 Å². The van der Waals surface area contributed by atoms with Gasteiger partial charge in [0.1, 0.15) is 0 Å². The van der Waals surface area contributed by atoms with Crippen LogP contribution in [0.2, 0.25) is 5.02 Å². The Morgan fingerprint density at radius 3 is 2.69 bits per heavy atom. The molecule has 4 rings (SSSR count). The van der Waals surface area contributed by atoms with Crippen LogP contribution in [0.5, 0.6) is 0 Å². The first-order chi connectivity index (χ1) is 15.5. The van der Waals surface area contributed by atoms with Crippen molar-refractivity contribution >= 4 is 35.2 Å². The average molecular weight is 469 g/mol. The van der Waals surface area contributed by atoms with E-state index in [2.05, 4.69) is 24.4 Å². The number of rotatable bonds is 6. The van der Waals surface area contributed by atoms with Crippen molar-refractivity contribution in [3.63, 3.8) is 0 Å². The molecule has 0 aromatic heterocycles. The number of nitrogens with one attached hydrogen (secondary N) is 1. The van der Waals surface area contributed by atoms with Gasteiger partial charge in [-0.15, -0.1) is 11.8 Å². The van der Waals surface area contributed by atoms with Crippen molar-refractivity contribution in [1.29, 1.82) is 0 Å². The molecule has 2 fully saturated rings. The van der Waals surface area contributed by atoms with Crippen molar-refractivity contribution in [3.05, 3.63) is 81.2 Å². The molecular weight excluding hydrogens is 440 g/mol. The van der Waals surface area contributed by atoms with Gasteiger partial charge in [-0.2, -0.15) is 0 Å². The summed E-state index contributed by atoms with van der Waals surface area (Å²) in [4.78, 5) is 28.6. The lowest BCUT2D eigenvalue weighted by Crippen LogP contribution is -2.51. The third-order valence-electron chi connectivity index (χ3n) is 6.31. The fourth-order valence-corrected chi connectivity index (χ4v) is 6.05. The first-order valence-corrected chi connectivity index (χ1v) is 12.5. The smallest absolute Gasteiger partial charge is 0.261 e. The van der Waals surface area contributed by atoms with Crippen molar-refractivity contribution in [2.24, 2.45) is 0 Å². The van der Waals surface area contributed by atoms with Crippen molar-refractivity contribution < 1.29 is 9.59 Å². The van der Waals surface area contributed by atoms with Gasteiger partial charge < -0.3 is 10.2 Å². The predicted molar refractivity (Wildman–Crippen MR) is 132 cm³/mol. The largest absolute Gasteiger partial charge is 0.352 e. The molecule has 2 atom stereocenters. The Balaban J connectivity index is 1.44. The van der Waals surface area contributed by atoms with Gasteiger partial charge in [0, 0.05) is 35.5 Å². The average Bonchev–Trinajstić information content (AvgIpc) is 2.79. The second-order valence-corrected chi connectivity index (χ2v) is 10.3. The highest BCUT2D eigenvalue weighted by Gasteiger charge is 2.40. The van der Waals surface area contributed by atoms with Gasteiger partial charge in [-0.1, -0.05) is 60.8 Å². The maximum atomic E-state index is 13.4. The highest BCUT2D eigenvalue weighted by Crippen LogP contribution is 2.42. The zero-order valence-corrected chi connectivity index (χ0v) is 19.9. The molecule has 2 aliphatic rings. The fourth-order valence-electron chi connectivity index (χ4n) is 4.48. The number of thioether (sulfide) groups is 1. The topological polar surface area (TPSA) is 49.4 Å². The van der Waals surface area contributed by atoms with Gasteiger partial charge in [-0.3, -0.25) is 9.59 Å². The van der Waals surface area contributed by atoms with Crippen LogP contribution in [0, 0.1) is 6.92 Å². The molecule has 1 saturated carbocycles. The molecule has 0 bridgehead atoms. The number of aryl methyl sites for hydroxylation is 1. The Morgan fingerprint density at radius 1 is 1.16 bits per heavy atom. The Morgan fingerprint density at radius 2 is 1.91 bits per heavy atom. The minimum Gasteiger partial charge on any atom is -0.352 e. The molecule has 168 valence electrons. The number of hydrogen-bond donors (Lipinski definition) is 1. The molecule has 1 heterocycles. The van der Waals surface area contributed by atoms with E-state index < -0.39 is 0 Å². The first kappa shape index (κ1) is 22.9. The second kappa shape index (κ2) is 10.6. The summed E-state index contributed by atoms with van der Waals surface area (Å²) in [6, 6.07) is 16.1. The normalized spacial score (nSPS) is 22.0. The standard InChI is InChI=1S/C26H29ClN2O2S/c1-18-6-2-3-7-20(18)17-29-22-8-4-5-9-23(22)32-24(26(29)31)16-25(30)28-15-14-19-10-12-21(27)13-11-19/h2-3,6-7,10-13,16,22-23H,4-5,8-9,14-15,17H2,1H3,(H,28,30)/b24-16-. The van der Waals surface area contributed by atoms with E-state index in [9.17, 15) is 9.59 Å². The SMILES string of the molecule is Cc1ccccc1CN1C(=O)/C(=C/C(=O)NCCc2ccc(Cl)cc2)SC2CCCCC21. The van der Waals surface area contributed by atoms with E-state index in [0.717, 1.165) is 31.2 Å². The van der Waals surface area contributed by atoms with Gasteiger partial charge in [0.05, 0.1) is 4.91 Å². The number of carbonyl (C=O) groups is 2. The Hall–Kier alpha value is -2.24. The molecule has 1 N–H and O–H groups in total. The molecule has 2 amide bonds. The molecule has 0 radical (unpaired) electrons. The van der Waals surface area contributed by atoms with Crippen LogP contribution in [0.4, 0.5) is 0 Å². The first-order valence-electron chi connectivity index (χ1n) is 11.3. The van der Waals surface area contributed by atoms with Gasteiger partial charge >= 0.3 is 0 Å². The Labute approximate surface area is 199 Å². The third-order valence-corrected chi connectivity index (χ3v) is 7.96. The second-order valence-electron chi connectivity index (χ2n) is 8.54. The molecule has 4 nitrogen and oxygen atoms in total. The fraction of sp³-hybridized carbons (Fsp3) is 0.385. The van der Waals surface area contributed by atoms with Crippen LogP contribution < -0.4 is 5.32 Å². The quantitative estimate of drug-likeness (QED) is 0.587. The molecule has 2 aromatic rings. The monoisotopic (exact) mass is 468 g/mol. The molecule has 1 aliphatic carbocycles. The summed E-state index contributed by atoms with van der Waals surface area (Å²) in [5.74, 6) is -0.228. The van der Waals surface area contributed by atoms with E-state index in [1.54, 1.807) is 11.8 Å². The number of amides is 2. The third kappa shape index (κ3) is 5.57. The molecule has 1 saturated heterocycles. The zero-order valence-electron chi connectivity index (χ0n) is 18.4. The van der Waals surface area contributed by atoms with Crippen LogP contribution in [0.1, 0.15) is 42.4 Å². The maximum absolute atomic E-state index is 13.4. The van der Waals surface area contributed by atoms with Crippen LogP contribution in [-0.4, -0.2) is 34.6 Å². The van der Waals surface area contributed by atoms with E-state index in [-0.39, 0.29) is 17.9 Å². The molecule has 0 spiro atoms. The van der Waals surface area contributed by atoms with Gasteiger partial charge in [0.15, 0.2) is 0 Å². The van der Waals surface area contributed by atoms with E-state index in [1.807, 2.05) is 41.3 Å². The molecule has 1 aliphatic heterocycles. The van der Waals surface area contributed by atoms with E-state index in [1.165, 1.54) is 23.6 Å². The molecule has 6 heteroatoms. The van der Waals surface area contributed by atoms with Gasteiger partial charge in [0.2, 0.25) is 5.91 Å². The van der Waals surface area contributed by atoms with E-state index >= 15 is 0 Å². The van der Waals surface area contributed by atoms with Crippen LogP contribution in [-0.2, 0) is 22.6 Å². The summed E-state index contributed by atoms with van der Waals surface area (Å²) in [6.07, 6.45) is 6.69. The van der Waals surface area contributed by atoms with Crippen LogP contribution >= 0.6 is 23.4 Å².